The zero-order valence-electron chi connectivity index (χ0n) is 20.8. The first-order valence-corrected chi connectivity index (χ1v) is 12.2. The van der Waals surface area contributed by atoms with Crippen molar-refractivity contribution in [1.29, 1.82) is 0 Å². The normalized spacial score (nSPS) is 15.5. The molecule has 0 saturated carbocycles. The standard InChI is InChI=1S/C28H33N5O2/c1-18(2)24-7-5-6-8-25(24)33-17-21(16-27(33)34)28(35)32-23-11-9-22(10-12-23)29-14-13-26-30-19(3)15-20(4)31-26/h5-12,15,18,21,29H,13-14,16-17H2,1-4H3,(H,32,35). The largest absolute Gasteiger partial charge is 0.385 e. The highest BCUT2D eigenvalue weighted by Gasteiger charge is 2.36. The smallest absolute Gasteiger partial charge is 0.229 e. The number of rotatable bonds is 8. The average molecular weight is 472 g/mol. The first-order valence-electron chi connectivity index (χ1n) is 12.2. The van der Waals surface area contributed by atoms with Gasteiger partial charge in [0.05, 0.1) is 5.92 Å². The van der Waals surface area contributed by atoms with Gasteiger partial charge in [-0.2, -0.15) is 0 Å². The van der Waals surface area contributed by atoms with Gasteiger partial charge in [-0.05, 0) is 61.7 Å². The maximum absolute atomic E-state index is 12.9. The third-order valence-corrected chi connectivity index (χ3v) is 6.20. The van der Waals surface area contributed by atoms with Crippen molar-refractivity contribution in [3.8, 4) is 0 Å². The van der Waals surface area contributed by atoms with Crippen molar-refractivity contribution in [3.63, 3.8) is 0 Å². The lowest BCUT2D eigenvalue weighted by Crippen LogP contribution is -2.29. The van der Waals surface area contributed by atoms with E-state index in [1.54, 1.807) is 4.90 Å². The second kappa shape index (κ2) is 10.7. The molecule has 0 bridgehead atoms. The molecule has 3 aromatic rings. The summed E-state index contributed by atoms with van der Waals surface area (Å²) in [5.41, 5.74) is 5.65. The first-order chi connectivity index (χ1) is 16.8. The van der Waals surface area contributed by atoms with Crippen LogP contribution in [0.15, 0.2) is 54.6 Å². The zero-order chi connectivity index (χ0) is 24.9. The number of anilines is 3. The van der Waals surface area contributed by atoms with Crippen molar-refractivity contribution < 1.29 is 9.59 Å². The van der Waals surface area contributed by atoms with Crippen molar-refractivity contribution in [2.75, 3.05) is 28.6 Å². The Labute approximate surface area is 207 Å². The number of carbonyl (C=O) groups excluding carboxylic acids is 2. The molecule has 7 nitrogen and oxygen atoms in total. The van der Waals surface area contributed by atoms with Gasteiger partial charge in [0, 0.05) is 54.4 Å². The van der Waals surface area contributed by atoms with E-state index in [4.69, 9.17) is 0 Å². The molecular weight excluding hydrogens is 438 g/mol. The van der Waals surface area contributed by atoms with Crippen LogP contribution in [-0.2, 0) is 16.0 Å². The molecular formula is C28H33N5O2. The summed E-state index contributed by atoms with van der Waals surface area (Å²) in [6, 6.07) is 17.5. The first kappa shape index (κ1) is 24.4. The molecule has 1 aromatic heterocycles. The van der Waals surface area contributed by atoms with Crippen LogP contribution in [0, 0.1) is 19.8 Å². The Bertz CT molecular complexity index is 1190. The summed E-state index contributed by atoms with van der Waals surface area (Å²) in [7, 11) is 0. The predicted molar refractivity (Wildman–Crippen MR) is 140 cm³/mol. The summed E-state index contributed by atoms with van der Waals surface area (Å²) in [5.74, 6) is 0.613. The average Bonchev–Trinajstić information content (AvgIpc) is 3.21. The Hall–Kier alpha value is -3.74. The predicted octanol–water partition coefficient (Wildman–Crippen LogP) is 4.86. The third kappa shape index (κ3) is 6.04. The van der Waals surface area contributed by atoms with Crippen molar-refractivity contribution in [2.45, 2.75) is 46.5 Å². The molecule has 2 heterocycles. The summed E-state index contributed by atoms with van der Waals surface area (Å²) in [5, 5.41) is 6.34. The molecule has 0 radical (unpaired) electrons. The Kier molecular flexibility index (Phi) is 7.44. The Morgan fingerprint density at radius 1 is 1.03 bits per heavy atom. The lowest BCUT2D eigenvalue weighted by molar-refractivity contribution is -0.122. The van der Waals surface area contributed by atoms with Gasteiger partial charge in [0.25, 0.3) is 0 Å². The molecule has 4 rings (SSSR count). The molecule has 182 valence electrons. The minimum Gasteiger partial charge on any atom is -0.385 e. The molecule has 1 saturated heterocycles. The molecule has 1 unspecified atom stereocenters. The van der Waals surface area contributed by atoms with Crippen LogP contribution in [0.3, 0.4) is 0 Å². The maximum atomic E-state index is 12.9. The summed E-state index contributed by atoms with van der Waals surface area (Å²) in [6.45, 7) is 9.28. The van der Waals surface area contributed by atoms with Crippen molar-refractivity contribution >= 4 is 28.9 Å². The van der Waals surface area contributed by atoms with E-state index in [9.17, 15) is 9.59 Å². The Balaban J connectivity index is 1.31. The lowest BCUT2D eigenvalue weighted by Gasteiger charge is -2.22. The summed E-state index contributed by atoms with van der Waals surface area (Å²) < 4.78 is 0. The fraction of sp³-hybridized carbons (Fsp3) is 0.357. The van der Waals surface area contributed by atoms with Crippen LogP contribution >= 0.6 is 0 Å². The molecule has 0 aliphatic carbocycles. The van der Waals surface area contributed by atoms with Crippen LogP contribution in [0.5, 0.6) is 0 Å². The van der Waals surface area contributed by atoms with Crippen LogP contribution in [0.2, 0.25) is 0 Å². The quantitative estimate of drug-likeness (QED) is 0.490. The van der Waals surface area contributed by atoms with E-state index in [0.29, 0.717) is 24.7 Å². The number of nitrogens with zero attached hydrogens (tertiary/aromatic N) is 3. The van der Waals surface area contributed by atoms with E-state index in [2.05, 4.69) is 34.4 Å². The van der Waals surface area contributed by atoms with Gasteiger partial charge < -0.3 is 15.5 Å². The Morgan fingerprint density at radius 3 is 2.37 bits per heavy atom. The number of hydrogen-bond donors (Lipinski definition) is 2. The highest BCUT2D eigenvalue weighted by Crippen LogP contribution is 2.32. The molecule has 7 heteroatoms. The fourth-order valence-corrected chi connectivity index (χ4v) is 4.48. The van der Waals surface area contributed by atoms with Crippen LogP contribution in [0.4, 0.5) is 17.1 Å². The van der Waals surface area contributed by atoms with Gasteiger partial charge in [-0.15, -0.1) is 0 Å². The number of para-hydroxylation sites is 1. The minimum atomic E-state index is -0.377. The molecule has 1 aliphatic rings. The van der Waals surface area contributed by atoms with Gasteiger partial charge in [-0.25, -0.2) is 9.97 Å². The minimum absolute atomic E-state index is 0.00872. The van der Waals surface area contributed by atoms with Gasteiger partial charge >= 0.3 is 0 Å². The van der Waals surface area contributed by atoms with E-state index in [1.807, 2.05) is 68.4 Å². The molecule has 1 aliphatic heterocycles. The highest BCUT2D eigenvalue weighted by atomic mass is 16.2. The molecule has 1 atom stereocenters. The number of carbonyl (C=O) groups is 2. The van der Waals surface area contributed by atoms with Crippen LogP contribution in [0.25, 0.3) is 0 Å². The van der Waals surface area contributed by atoms with Gasteiger partial charge in [0.2, 0.25) is 11.8 Å². The SMILES string of the molecule is Cc1cc(C)nc(CCNc2ccc(NC(=O)C3CC(=O)N(c4ccccc4C(C)C)C3)cc2)n1. The van der Waals surface area contributed by atoms with E-state index in [1.165, 1.54) is 0 Å². The van der Waals surface area contributed by atoms with Crippen molar-refractivity contribution in [2.24, 2.45) is 5.92 Å². The maximum Gasteiger partial charge on any atom is 0.229 e. The van der Waals surface area contributed by atoms with Gasteiger partial charge in [0.15, 0.2) is 0 Å². The third-order valence-electron chi connectivity index (χ3n) is 6.20. The van der Waals surface area contributed by atoms with E-state index < -0.39 is 0 Å². The summed E-state index contributed by atoms with van der Waals surface area (Å²) in [6.07, 6.45) is 0.950. The Morgan fingerprint density at radius 2 is 1.69 bits per heavy atom. The second-order valence-electron chi connectivity index (χ2n) is 9.43. The molecule has 2 amide bonds. The van der Waals surface area contributed by atoms with Gasteiger partial charge in [-0.3, -0.25) is 9.59 Å². The lowest BCUT2D eigenvalue weighted by atomic mass is 10.0. The summed E-state index contributed by atoms with van der Waals surface area (Å²) in [4.78, 5) is 36.3. The number of hydrogen-bond acceptors (Lipinski definition) is 5. The van der Waals surface area contributed by atoms with Gasteiger partial charge in [0.1, 0.15) is 5.82 Å². The van der Waals surface area contributed by atoms with Crippen molar-refractivity contribution in [1.82, 2.24) is 9.97 Å². The molecule has 0 spiro atoms. The number of aryl methyl sites for hydroxylation is 2. The monoisotopic (exact) mass is 471 g/mol. The molecule has 2 N–H and O–H groups in total. The van der Waals surface area contributed by atoms with E-state index in [0.717, 1.165) is 40.6 Å². The molecule has 1 fully saturated rings. The number of nitrogens with one attached hydrogen (secondary N) is 2. The van der Waals surface area contributed by atoms with Crippen LogP contribution in [0.1, 0.15) is 49.0 Å². The molecule has 35 heavy (non-hydrogen) atoms. The topological polar surface area (TPSA) is 87.2 Å². The van der Waals surface area contributed by atoms with Crippen LogP contribution < -0.4 is 15.5 Å². The van der Waals surface area contributed by atoms with Crippen molar-refractivity contribution in [3.05, 3.63) is 77.4 Å². The number of amides is 2. The van der Waals surface area contributed by atoms with Gasteiger partial charge in [-0.1, -0.05) is 32.0 Å². The fourth-order valence-electron chi connectivity index (χ4n) is 4.48. The number of benzene rings is 2. The van der Waals surface area contributed by atoms with E-state index >= 15 is 0 Å². The van der Waals surface area contributed by atoms with Crippen LogP contribution in [-0.4, -0.2) is 34.9 Å². The summed E-state index contributed by atoms with van der Waals surface area (Å²) >= 11 is 0. The number of aromatic nitrogens is 2. The zero-order valence-corrected chi connectivity index (χ0v) is 20.8. The second-order valence-corrected chi connectivity index (χ2v) is 9.43. The highest BCUT2D eigenvalue weighted by molar-refractivity contribution is 6.04. The van der Waals surface area contributed by atoms with E-state index in [-0.39, 0.29) is 24.2 Å². The molecule has 2 aromatic carbocycles.